The molecule has 6 nitrogen and oxygen atoms in total. The van der Waals surface area contributed by atoms with Gasteiger partial charge in [0.1, 0.15) is 11.6 Å². The second kappa shape index (κ2) is 6.58. The maximum absolute atomic E-state index is 5.90. The fourth-order valence-corrected chi connectivity index (χ4v) is 2.71. The molecule has 3 rings (SSSR count). The first-order valence-corrected chi connectivity index (χ1v) is 8.05. The van der Waals surface area contributed by atoms with E-state index in [0.717, 1.165) is 49.5 Å². The normalized spacial score (nSPS) is 15.0. The Kier molecular flexibility index (Phi) is 4.52. The molecule has 0 saturated carbocycles. The summed E-state index contributed by atoms with van der Waals surface area (Å²) < 4.78 is 0. The fraction of sp³-hybridized carbons (Fsp3) is 0.438. The molecule has 0 aliphatic carbocycles. The van der Waals surface area contributed by atoms with E-state index < -0.39 is 0 Å². The molecule has 0 aromatic carbocycles. The van der Waals surface area contributed by atoms with Gasteiger partial charge in [0.25, 0.3) is 0 Å². The molecule has 122 valence electrons. The van der Waals surface area contributed by atoms with E-state index in [9.17, 15) is 0 Å². The number of nitrogens with zero attached hydrogens (tertiary/aromatic N) is 6. The number of piperazine rings is 1. The molecule has 1 saturated heterocycles. The van der Waals surface area contributed by atoms with Crippen molar-refractivity contribution in [3.63, 3.8) is 0 Å². The molecule has 1 aliphatic heterocycles. The second-order valence-corrected chi connectivity index (χ2v) is 6.31. The number of anilines is 3. The number of halogens is 1. The van der Waals surface area contributed by atoms with E-state index in [1.54, 1.807) is 6.20 Å². The average molecular weight is 333 g/mol. The molecule has 3 heterocycles. The zero-order valence-corrected chi connectivity index (χ0v) is 14.5. The highest BCUT2D eigenvalue weighted by atomic mass is 35.5. The lowest BCUT2D eigenvalue weighted by atomic mass is 10.3. The van der Waals surface area contributed by atoms with Gasteiger partial charge in [-0.3, -0.25) is 0 Å². The quantitative estimate of drug-likeness (QED) is 0.859. The van der Waals surface area contributed by atoms with Crippen LogP contribution in [0.25, 0.3) is 0 Å². The van der Waals surface area contributed by atoms with Gasteiger partial charge < -0.3 is 14.7 Å². The Morgan fingerprint density at radius 3 is 2.35 bits per heavy atom. The van der Waals surface area contributed by atoms with Gasteiger partial charge in [0, 0.05) is 58.2 Å². The highest BCUT2D eigenvalue weighted by Gasteiger charge is 2.20. The number of pyridine rings is 1. The SMILES string of the molecule is Cc1cc(N(C)C)nc(N2CCN(c3ccc(Cl)cn3)CC2)n1. The summed E-state index contributed by atoms with van der Waals surface area (Å²) in [6.07, 6.45) is 1.69. The Labute approximate surface area is 141 Å². The summed E-state index contributed by atoms with van der Waals surface area (Å²) in [5.74, 6) is 2.71. The van der Waals surface area contributed by atoms with Crippen molar-refractivity contribution in [2.24, 2.45) is 0 Å². The third kappa shape index (κ3) is 3.64. The van der Waals surface area contributed by atoms with Crippen molar-refractivity contribution in [2.75, 3.05) is 55.0 Å². The van der Waals surface area contributed by atoms with Crippen LogP contribution in [-0.2, 0) is 0 Å². The summed E-state index contributed by atoms with van der Waals surface area (Å²) in [4.78, 5) is 20.1. The summed E-state index contributed by atoms with van der Waals surface area (Å²) in [5.41, 5.74) is 0.987. The molecule has 0 atom stereocenters. The van der Waals surface area contributed by atoms with Gasteiger partial charge >= 0.3 is 0 Å². The number of aryl methyl sites for hydroxylation is 1. The lowest BCUT2D eigenvalue weighted by molar-refractivity contribution is 0.633. The van der Waals surface area contributed by atoms with Gasteiger partial charge in [0.15, 0.2) is 0 Å². The summed E-state index contributed by atoms with van der Waals surface area (Å²) in [7, 11) is 3.99. The Bertz CT molecular complexity index is 665. The minimum atomic E-state index is 0.664. The first-order valence-electron chi connectivity index (χ1n) is 7.67. The van der Waals surface area contributed by atoms with E-state index >= 15 is 0 Å². The Hall–Kier alpha value is -2.08. The van der Waals surface area contributed by atoms with Gasteiger partial charge in [-0.1, -0.05) is 11.6 Å². The standard InChI is InChI=1S/C16H21ClN6/c1-12-10-15(21(2)3)20-16(19-12)23-8-6-22(7-9-23)14-5-4-13(17)11-18-14/h4-5,10-11H,6-9H2,1-3H3. The number of hydrogen-bond acceptors (Lipinski definition) is 6. The lowest BCUT2D eigenvalue weighted by Gasteiger charge is -2.35. The molecule has 23 heavy (non-hydrogen) atoms. The largest absolute Gasteiger partial charge is 0.363 e. The minimum absolute atomic E-state index is 0.664. The van der Waals surface area contributed by atoms with E-state index in [4.69, 9.17) is 11.6 Å². The molecule has 1 fully saturated rings. The molecule has 0 amide bonds. The van der Waals surface area contributed by atoms with Crippen LogP contribution in [0, 0.1) is 6.92 Å². The molecule has 0 N–H and O–H groups in total. The van der Waals surface area contributed by atoms with Crippen LogP contribution in [0.3, 0.4) is 0 Å². The van der Waals surface area contributed by atoms with Crippen LogP contribution in [0.1, 0.15) is 5.69 Å². The fourth-order valence-electron chi connectivity index (χ4n) is 2.60. The smallest absolute Gasteiger partial charge is 0.227 e. The molecule has 0 unspecified atom stereocenters. The predicted octanol–water partition coefficient (Wildman–Crippen LogP) is 2.23. The molecule has 0 spiro atoms. The summed E-state index contributed by atoms with van der Waals surface area (Å²) >= 11 is 5.90. The minimum Gasteiger partial charge on any atom is -0.363 e. The lowest BCUT2D eigenvalue weighted by Crippen LogP contribution is -2.47. The van der Waals surface area contributed by atoms with E-state index in [0.29, 0.717) is 5.02 Å². The van der Waals surface area contributed by atoms with Gasteiger partial charge in [-0.05, 0) is 19.1 Å². The maximum Gasteiger partial charge on any atom is 0.227 e. The monoisotopic (exact) mass is 332 g/mol. The highest BCUT2D eigenvalue weighted by molar-refractivity contribution is 6.30. The molecule has 0 bridgehead atoms. The maximum atomic E-state index is 5.90. The summed E-state index contributed by atoms with van der Waals surface area (Å²) in [6, 6.07) is 5.84. The predicted molar refractivity (Wildman–Crippen MR) is 94.8 cm³/mol. The zero-order valence-electron chi connectivity index (χ0n) is 13.7. The number of rotatable bonds is 3. The zero-order chi connectivity index (χ0) is 16.4. The van der Waals surface area contributed by atoms with E-state index in [2.05, 4.69) is 24.8 Å². The molecule has 2 aromatic rings. The first kappa shape index (κ1) is 15.8. The topological polar surface area (TPSA) is 48.4 Å². The number of aromatic nitrogens is 3. The second-order valence-electron chi connectivity index (χ2n) is 5.87. The molecule has 0 radical (unpaired) electrons. The van der Waals surface area contributed by atoms with E-state index in [-0.39, 0.29) is 0 Å². The molecular formula is C16H21ClN6. The highest BCUT2D eigenvalue weighted by Crippen LogP contribution is 2.20. The van der Waals surface area contributed by atoms with Gasteiger partial charge in [0.2, 0.25) is 5.95 Å². The van der Waals surface area contributed by atoms with Gasteiger partial charge in [-0.15, -0.1) is 0 Å². The van der Waals surface area contributed by atoms with Crippen molar-refractivity contribution in [1.82, 2.24) is 15.0 Å². The van der Waals surface area contributed by atoms with Gasteiger partial charge in [-0.25, -0.2) is 9.97 Å². The Morgan fingerprint density at radius 2 is 1.74 bits per heavy atom. The van der Waals surface area contributed by atoms with Gasteiger partial charge in [0.05, 0.1) is 5.02 Å². The van der Waals surface area contributed by atoms with Gasteiger partial charge in [-0.2, -0.15) is 4.98 Å². The average Bonchev–Trinajstić information content (AvgIpc) is 2.55. The molecule has 2 aromatic heterocycles. The van der Waals surface area contributed by atoms with E-state index in [1.807, 2.05) is 44.1 Å². The third-order valence-electron chi connectivity index (χ3n) is 3.89. The van der Waals surface area contributed by atoms with Crippen molar-refractivity contribution < 1.29 is 0 Å². The number of hydrogen-bond donors (Lipinski definition) is 0. The van der Waals surface area contributed by atoms with Crippen molar-refractivity contribution in [1.29, 1.82) is 0 Å². The van der Waals surface area contributed by atoms with Crippen molar-refractivity contribution in [3.8, 4) is 0 Å². The van der Waals surface area contributed by atoms with Crippen molar-refractivity contribution in [3.05, 3.63) is 35.1 Å². The molecule has 1 aliphatic rings. The Morgan fingerprint density at radius 1 is 1.04 bits per heavy atom. The van der Waals surface area contributed by atoms with Crippen molar-refractivity contribution in [2.45, 2.75) is 6.92 Å². The summed E-state index contributed by atoms with van der Waals surface area (Å²) in [6.45, 7) is 5.54. The van der Waals surface area contributed by atoms with Crippen LogP contribution in [-0.4, -0.2) is 55.2 Å². The summed E-state index contributed by atoms with van der Waals surface area (Å²) in [5, 5.41) is 0.664. The van der Waals surface area contributed by atoms with Crippen LogP contribution in [0.2, 0.25) is 5.02 Å². The van der Waals surface area contributed by atoms with Crippen molar-refractivity contribution >= 4 is 29.2 Å². The van der Waals surface area contributed by atoms with Crippen LogP contribution in [0.4, 0.5) is 17.6 Å². The molecular weight excluding hydrogens is 312 g/mol. The Balaban J connectivity index is 1.70. The van der Waals surface area contributed by atoms with Crippen LogP contribution in [0.15, 0.2) is 24.4 Å². The first-order chi connectivity index (χ1) is 11.0. The molecule has 7 heteroatoms. The van der Waals surface area contributed by atoms with Crippen LogP contribution < -0.4 is 14.7 Å². The third-order valence-corrected chi connectivity index (χ3v) is 4.11. The van der Waals surface area contributed by atoms with Crippen LogP contribution >= 0.6 is 11.6 Å². The van der Waals surface area contributed by atoms with Crippen LogP contribution in [0.5, 0.6) is 0 Å². The van der Waals surface area contributed by atoms with E-state index in [1.165, 1.54) is 0 Å².